The molecule has 0 spiro atoms. The van der Waals surface area contributed by atoms with E-state index in [1.807, 2.05) is 12.1 Å². The maximum atomic E-state index is 13.9. The molecule has 30 heavy (non-hydrogen) atoms. The van der Waals surface area contributed by atoms with Crippen molar-refractivity contribution in [2.45, 2.75) is 6.42 Å². The van der Waals surface area contributed by atoms with Crippen LogP contribution in [-0.4, -0.2) is 34.2 Å². The van der Waals surface area contributed by atoms with Gasteiger partial charge >= 0.3 is 5.97 Å². The number of aromatic nitrogens is 2. The van der Waals surface area contributed by atoms with Gasteiger partial charge in [-0.15, -0.1) is 0 Å². The number of hydrogen-bond donors (Lipinski definition) is 1. The Balaban J connectivity index is 1.62. The van der Waals surface area contributed by atoms with Gasteiger partial charge in [-0.2, -0.15) is 0 Å². The van der Waals surface area contributed by atoms with Crippen LogP contribution in [0.4, 0.5) is 15.9 Å². The number of hydrogen-bond acceptors (Lipinski definition) is 6. The summed E-state index contributed by atoms with van der Waals surface area (Å²) in [4.78, 5) is 22.6. The lowest BCUT2D eigenvalue weighted by Crippen LogP contribution is -2.20. The molecule has 1 N–H and O–H groups in total. The highest BCUT2D eigenvalue weighted by Gasteiger charge is 2.24. The zero-order valence-corrected chi connectivity index (χ0v) is 15.7. The number of carbonyl (C=O) groups is 1. The van der Waals surface area contributed by atoms with E-state index >= 15 is 0 Å². The standard InChI is InChI=1S/C22H16FN3O4/c23-13-6-7-19-17(10-13)26(8-3-9-29-19)20-11-14(22(27)28)15(12-24-20)21-25-16-4-1-2-5-18(16)30-21/h1-2,4-7,10-12H,3,8-9H2,(H,27,28). The van der Waals surface area contributed by atoms with E-state index in [0.29, 0.717) is 47.9 Å². The van der Waals surface area contributed by atoms with Crippen LogP contribution in [0, 0.1) is 5.82 Å². The van der Waals surface area contributed by atoms with Crippen molar-refractivity contribution in [3.63, 3.8) is 0 Å². The Morgan fingerprint density at radius 2 is 2.03 bits per heavy atom. The molecular weight excluding hydrogens is 389 g/mol. The minimum atomic E-state index is -1.14. The zero-order valence-electron chi connectivity index (χ0n) is 15.7. The fourth-order valence-corrected chi connectivity index (χ4v) is 3.51. The van der Waals surface area contributed by atoms with E-state index in [1.54, 1.807) is 23.1 Å². The topological polar surface area (TPSA) is 88.7 Å². The normalized spacial score (nSPS) is 13.6. The van der Waals surface area contributed by atoms with Gasteiger partial charge in [0.05, 0.1) is 23.4 Å². The number of fused-ring (bicyclic) bond motifs is 2. The molecule has 1 aliphatic rings. The second-order valence-corrected chi connectivity index (χ2v) is 6.85. The first-order valence-electron chi connectivity index (χ1n) is 9.39. The number of carboxylic acids is 1. The number of carboxylic acid groups (broad SMARTS) is 1. The Morgan fingerprint density at radius 1 is 1.17 bits per heavy atom. The van der Waals surface area contributed by atoms with Crippen LogP contribution in [0.25, 0.3) is 22.6 Å². The molecule has 0 unspecified atom stereocenters. The van der Waals surface area contributed by atoms with Crippen molar-refractivity contribution in [1.29, 1.82) is 0 Å². The van der Waals surface area contributed by atoms with Crippen LogP contribution < -0.4 is 9.64 Å². The molecule has 4 aromatic rings. The molecule has 3 heterocycles. The molecule has 0 bridgehead atoms. The molecule has 2 aromatic carbocycles. The number of rotatable bonds is 3. The summed E-state index contributed by atoms with van der Waals surface area (Å²) in [6, 6.07) is 12.9. The van der Waals surface area contributed by atoms with E-state index in [0.717, 1.165) is 0 Å². The largest absolute Gasteiger partial charge is 0.491 e. The molecule has 0 fully saturated rings. The maximum absolute atomic E-state index is 13.9. The van der Waals surface area contributed by atoms with E-state index in [9.17, 15) is 14.3 Å². The van der Waals surface area contributed by atoms with Gasteiger partial charge < -0.3 is 19.2 Å². The van der Waals surface area contributed by atoms with Gasteiger partial charge in [-0.1, -0.05) is 12.1 Å². The van der Waals surface area contributed by atoms with Gasteiger partial charge in [-0.25, -0.2) is 19.2 Å². The van der Waals surface area contributed by atoms with Gasteiger partial charge in [0.1, 0.15) is 22.9 Å². The van der Waals surface area contributed by atoms with Crippen molar-refractivity contribution in [1.82, 2.24) is 9.97 Å². The molecular formula is C22H16FN3O4. The quantitative estimate of drug-likeness (QED) is 0.531. The van der Waals surface area contributed by atoms with Gasteiger partial charge in [0.25, 0.3) is 0 Å². The Morgan fingerprint density at radius 3 is 2.87 bits per heavy atom. The van der Waals surface area contributed by atoms with Crippen molar-refractivity contribution in [2.24, 2.45) is 0 Å². The summed E-state index contributed by atoms with van der Waals surface area (Å²) in [5.74, 6) is -0.467. The highest BCUT2D eigenvalue weighted by Crippen LogP contribution is 2.37. The third-order valence-corrected chi connectivity index (χ3v) is 4.92. The smallest absolute Gasteiger partial charge is 0.336 e. The van der Waals surface area contributed by atoms with Crippen LogP contribution >= 0.6 is 0 Å². The average Bonchev–Trinajstić information content (AvgIpc) is 3.07. The maximum Gasteiger partial charge on any atom is 0.336 e. The van der Waals surface area contributed by atoms with Crippen molar-refractivity contribution in [3.8, 4) is 17.2 Å². The lowest BCUT2D eigenvalue weighted by atomic mass is 10.1. The average molecular weight is 405 g/mol. The minimum absolute atomic E-state index is 0.00493. The van der Waals surface area contributed by atoms with Crippen molar-refractivity contribution >= 4 is 28.6 Å². The molecule has 0 radical (unpaired) electrons. The summed E-state index contributed by atoms with van der Waals surface area (Å²) < 4.78 is 25.3. The first-order chi connectivity index (χ1) is 14.6. The fourth-order valence-electron chi connectivity index (χ4n) is 3.51. The number of aromatic carboxylic acids is 1. The zero-order chi connectivity index (χ0) is 20.7. The number of pyridine rings is 1. The number of anilines is 2. The Hall–Kier alpha value is -3.94. The summed E-state index contributed by atoms with van der Waals surface area (Å²) in [7, 11) is 0. The van der Waals surface area contributed by atoms with Crippen LogP contribution in [-0.2, 0) is 0 Å². The molecule has 7 nitrogen and oxygen atoms in total. The van der Waals surface area contributed by atoms with Crippen molar-refractivity contribution in [2.75, 3.05) is 18.1 Å². The molecule has 0 saturated carbocycles. The molecule has 5 rings (SSSR count). The molecule has 8 heteroatoms. The van der Waals surface area contributed by atoms with Crippen LogP contribution in [0.15, 0.2) is 59.1 Å². The molecule has 0 saturated heterocycles. The first kappa shape index (κ1) is 18.1. The lowest BCUT2D eigenvalue weighted by molar-refractivity contribution is 0.0697. The molecule has 0 amide bonds. The monoisotopic (exact) mass is 405 g/mol. The number of oxazole rings is 1. The van der Waals surface area contributed by atoms with Crippen LogP contribution in [0.1, 0.15) is 16.8 Å². The second-order valence-electron chi connectivity index (χ2n) is 6.85. The van der Waals surface area contributed by atoms with Crippen LogP contribution in [0.3, 0.4) is 0 Å². The first-order valence-corrected chi connectivity index (χ1v) is 9.39. The molecule has 0 aliphatic carbocycles. The minimum Gasteiger partial charge on any atom is -0.491 e. The third-order valence-electron chi connectivity index (χ3n) is 4.92. The van der Waals surface area contributed by atoms with Gasteiger partial charge in [-0.3, -0.25) is 0 Å². The SMILES string of the molecule is O=C(O)c1cc(N2CCCOc3ccc(F)cc32)ncc1-c1nc2ccccc2o1. The Kier molecular flexibility index (Phi) is 4.31. The van der Waals surface area contributed by atoms with E-state index in [-0.39, 0.29) is 17.0 Å². The van der Waals surface area contributed by atoms with E-state index in [4.69, 9.17) is 9.15 Å². The van der Waals surface area contributed by atoms with Gasteiger partial charge in [-0.05, 0) is 36.8 Å². The van der Waals surface area contributed by atoms with Crippen LogP contribution in [0.2, 0.25) is 0 Å². The molecule has 1 aliphatic heterocycles. The summed E-state index contributed by atoms with van der Waals surface area (Å²) >= 11 is 0. The summed E-state index contributed by atoms with van der Waals surface area (Å²) in [5.41, 5.74) is 1.96. The lowest BCUT2D eigenvalue weighted by Gasteiger charge is -2.23. The van der Waals surface area contributed by atoms with E-state index in [1.165, 1.54) is 24.4 Å². The number of ether oxygens (including phenoxy) is 1. The highest BCUT2D eigenvalue weighted by atomic mass is 19.1. The Labute approximate surface area is 170 Å². The van der Waals surface area contributed by atoms with Gasteiger partial charge in [0, 0.05) is 18.8 Å². The molecule has 0 atom stereocenters. The van der Waals surface area contributed by atoms with Crippen molar-refractivity contribution in [3.05, 3.63) is 66.1 Å². The van der Waals surface area contributed by atoms with E-state index < -0.39 is 11.8 Å². The number of benzene rings is 2. The number of halogens is 1. The van der Waals surface area contributed by atoms with E-state index in [2.05, 4.69) is 9.97 Å². The summed E-state index contributed by atoms with van der Waals surface area (Å²) in [5, 5.41) is 9.82. The summed E-state index contributed by atoms with van der Waals surface area (Å²) in [6.07, 6.45) is 2.10. The van der Waals surface area contributed by atoms with Crippen LogP contribution in [0.5, 0.6) is 5.75 Å². The number of nitrogens with zero attached hydrogens (tertiary/aromatic N) is 3. The van der Waals surface area contributed by atoms with Gasteiger partial charge in [0.2, 0.25) is 5.89 Å². The predicted octanol–water partition coefficient (Wildman–Crippen LogP) is 4.65. The predicted molar refractivity (Wildman–Crippen MR) is 108 cm³/mol. The Bertz CT molecular complexity index is 1240. The third kappa shape index (κ3) is 3.12. The second kappa shape index (κ2) is 7.14. The summed E-state index contributed by atoms with van der Waals surface area (Å²) in [6.45, 7) is 0.979. The van der Waals surface area contributed by atoms with Gasteiger partial charge in [0.15, 0.2) is 5.58 Å². The molecule has 150 valence electrons. The van der Waals surface area contributed by atoms with Crippen molar-refractivity contribution < 1.29 is 23.4 Å². The fraction of sp³-hybridized carbons (Fsp3) is 0.136. The highest BCUT2D eigenvalue weighted by molar-refractivity contribution is 5.96. The molecule has 2 aromatic heterocycles. The number of para-hydroxylation sites is 2.